The molecule has 1 aliphatic carbocycles. The molecule has 2 aliphatic heterocycles. The number of ether oxygens (including phenoxy) is 1. The van der Waals surface area contributed by atoms with Crippen molar-refractivity contribution in [3.05, 3.63) is 199 Å². The summed E-state index contributed by atoms with van der Waals surface area (Å²) >= 11 is 0. The molecule has 276 valence electrons. The molecule has 3 heterocycles. The fourth-order valence-corrected chi connectivity index (χ4v) is 10.8. The molecule has 3 aliphatic rings. The van der Waals surface area contributed by atoms with Gasteiger partial charge < -0.3 is 14.2 Å². The summed E-state index contributed by atoms with van der Waals surface area (Å²) in [6.07, 6.45) is 0. The number of nitrogens with zero attached hydrogens (tertiary/aromatic N) is 2. The van der Waals surface area contributed by atoms with E-state index in [2.05, 4.69) is 211 Å². The summed E-state index contributed by atoms with van der Waals surface area (Å²) in [5.74, 6) is 1.87. The van der Waals surface area contributed by atoms with E-state index < -0.39 is 0 Å². The van der Waals surface area contributed by atoms with Crippen LogP contribution in [-0.2, 0) is 5.41 Å². The van der Waals surface area contributed by atoms with Gasteiger partial charge >= 0.3 is 0 Å². The molecule has 59 heavy (non-hydrogen) atoms. The molecular formula is C55H37BN2O. The van der Waals surface area contributed by atoms with Gasteiger partial charge in [0.05, 0.1) is 11.2 Å². The number of aromatic nitrogens is 1. The Balaban J connectivity index is 1.08. The number of rotatable bonds is 4. The molecule has 0 unspecified atom stereocenters. The number of para-hydroxylation sites is 4. The van der Waals surface area contributed by atoms with E-state index in [-0.39, 0.29) is 12.1 Å². The third kappa shape index (κ3) is 4.43. The highest BCUT2D eigenvalue weighted by atomic mass is 16.5. The molecule has 13 rings (SSSR count). The first-order chi connectivity index (χ1) is 29.0. The maximum absolute atomic E-state index is 7.26. The van der Waals surface area contributed by atoms with Crippen molar-refractivity contribution in [2.24, 2.45) is 0 Å². The van der Waals surface area contributed by atoms with Crippen LogP contribution in [0.3, 0.4) is 0 Å². The zero-order valence-electron chi connectivity index (χ0n) is 32.8. The first-order valence-corrected chi connectivity index (χ1v) is 20.6. The predicted octanol–water partition coefficient (Wildman–Crippen LogP) is 12.3. The fraction of sp³-hybridized carbons (Fsp3) is 0.0545. The van der Waals surface area contributed by atoms with Gasteiger partial charge in [-0.05, 0) is 110 Å². The third-order valence-corrected chi connectivity index (χ3v) is 13.4. The van der Waals surface area contributed by atoms with Gasteiger partial charge in [-0.2, -0.15) is 0 Å². The maximum atomic E-state index is 7.26. The van der Waals surface area contributed by atoms with E-state index in [0.717, 1.165) is 28.4 Å². The molecule has 3 nitrogen and oxygen atoms in total. The van der Waals surface area contributed by atoms with E-state index in [1.807, 2.05) is 0 Å². The van der Waals surface area contributed by atoms with Crippen LogP contribution in [-0.4, -0.2) is 11.3 Å². The third-order valence-electron chi connectivity index (χ3n) is 13.4. The average Bonchev–Trinajstić information content (AvgIpc) is 3.74. The SMILES string of the molecule is CC1(C)c2cc3c(cc2-c2c1cc(N(c1ccccc1)c1ccccc1)c1ccccc21)Oc1cc(-c2ccccc2)cc2c1B3c1cccc3c4ccccc4n-2c13. The lowest BCUT2D eigenvalue weighted by Crippen LogP contribution is -2.58. The second-order valence-corrected chi connectivity index (χ2v) is 16.8. The van der Waals surface area contributed by atoms with E-state index in [4.69, 9.17) is 4.74 Å². The normalized spacial score (nSPS) is 13.8. The molecule has 0 N–H and O–H groups in total. The Morgan fingerprint density at radius 3 is 1.90 bits per heavy atom. The van der Waals surface area contributed by atoms with E-state index in [9.17, 15) is 0 Å². The number of benzene rings is 9. The van der Waals surface area contributed by atoms with Gasteiger partial charge in [0.2, 0.25) is 0 Å². The summed E-state index contributed by atoms with van der Waals surface area (Å²) in [7, 11) is 0. The molecule has 0 amide bonds. The number of anilines is 3. The molecular weight excluding hydrogens is 715 g/mol. The molecule has 0 saturated heterocycles. The van der Waals surface area contributed by atoms with Crippen LogP contribution >= 0.6 is 0 Å². The van der Waals surface area contributed by atoms with Crippen LogP contribution in [0, 0.1) is 0 Å². The van der Waals surface area contributed by atoms with Crippen molar-refractivity contribution >= 4 is 72.7 Å². The van der Waals surface area contributed by atoms with Crippen LogP contribution in [0.4, 0.5) is 17.1 Å². The lowest BCUT2D eigenvalue weighted by molar-refractivity contribution is 0.487. The van der Waals surface area contributed by atoms with Crippen molar-refractivity contribution in [1.82, 2.24) is 4.57 Å². The molecule has 10 aromatic rings. The van der Waals surface area contributed by atoms with E-state index >= 15 is 0 Å². The van der Waals surface area contributed by atoms with Crippen molar-refractivity contribution in [2.45, 2.75) is 19.3 Å². The van der Waals surface area contributed by atoms with Gasteiger partial charge in [0.25, 0.3) is 6.71 Å². The van der Waals surface area contributed by atoms with Gasteiger partial charge in [-0.3, -0.25) is 0 Å². The molecule has 0 bridgehead atoms. The van der Waals surface area contributed by atoms with Gasteiger partial charge in [0, 0.05) is 44.2 Å². The Bertz CT molecular complexity index is 3350. The molecule has 4 heteroatoms. The molecule has 9 aromatic carbocycles. The van der Waals surface area contributed by atoms with Gasteiger partial charge in [-0.25, -0.2) is 0 Å². The summed E-state index contributed by atoms with van der Waals surface area (Å²) in [4.78, 5) is 2.42. The summed E-state index contributed by atoms with van der Waals surface area (Å²) in [6.45, 7) is 4.83. The first kappa shape index (κ1) is 32.8. The monoisotopic (exact) mass is 752 g/mol. The molecule has 0 spiro atoms. The number of hydrogen-bond acceptors (Lipinski definition) is 2. The molecule has 1 aromatic heterocycles. The molecule has 0 saturated carbocycles. The van der Waals surface area contributed by atoms with Crippen LogP contribution in [0.1, 0.15) is 25.0 Å². The highest BCUT2D eigenvalue weighted by Crippen LogP contribution is 2.55. The largest absolute Gasteiger partial charge is 0.458 e. The van der Waals surface area contributed by atoms with Crippen LogP contribution in [0.15, 0.2) is 188 Å². The topological polar surface area (TPSA) is 17.4 Å². The first-order valence-electron chi connectivity index (χ1n) is 20.6. The van der Waals surface area contributed by atoms with Crippen LogP contribution < -0.4 is 26.0 Å². The number of fused-ring (bicyclic) bond motifs is 12. The predicted molar refractivity (Wildman–Crippen MR) is 247 cm³/mol. The van der Waals surface area contributed by atoms with Gasteiger partial charge in [-0.15, -0.1) is 0 Å². The Kier molecular flexibility index (Phi) is 6.59. The Hall–Kier alpha value is -7.30. The minimum atomic E-state index is -0.284. The maximum Gasteiger partial charge on any atom is 0.256 e. The smallest absolute Gasteiger partial charge is 0.256 e. The van der Waals surface area contributed by atoms with Crippen molar-refractivity contribution in [1.29, 1.82) is 0 Å². The van der Waals surface area contributed by atoms with E-state index in [1.165, 1.54) is 88.2 Å². The standard InChI is InChI=1S/C55H37BN2O/c1-55(2)43-32-46-50(31-42(43)52-40-25-13-12-23-38(40)48(33-44(52)55)57(36-19-8-4-9-20-36)37-21-10-5-11-22-37)59-51-30-35(34-17-6-3-7-18-34)29-49-53(51)56(46)45-27-16-26-41-39-24-14-15-28-47(39)58(49)54(41)45/h3-33H,1-2H3. The zero-order valence-corrected chi connectivity index (χ0v) is 32.8. The van der Waals surface area contributed by atoms with Gasteiger partial charge in [0.15, 0.2) is 0 Å². The van der Waals surface area contributed by atoms with Crippen LogP contribution in [0.5, 0.6) is 11.5 Å². The number of hydrogen-bond donors (Lipinski definition) is 0. The van der Waals surface area contributed by atoms with Crippen molar-refractivity contribution in [2.75, 3.05) is 4.90 Å². The average molecular weight is 753 g/mol. The summed E-state index contributed by atoms with van der Waals surface area (Å²) in [6, 6.07) is 69.0. The van der Waals surface area contributed by atoms with Crippen LogP contribution in [0.25, 0.3) is 60.5 Å². The molecule has 0 radical (unpaired) electrons. The van der Waals surface area contributed by atoms with Gasteiger partial charge in [0.1, 0.15) is 11.5 Å². The van der Waals surface area contributed by atoms with E-state index in [0.29, 0.717) is 0 Å². The second-order valence-electron chi connectivity index (χ2n) is 16.8. The van der Waals surface area contributed by atoms with Crippen molar-refractivity contribution in [3.63, 3.8) is 0 Å². The Morgan fingerprint density at radius 1 is 0.508 bits per heavy atom. The van der Waals surface area contributed by atoms with Gasteiger partial charge in [-0.1, -0.05) is 147 Å². The zero-order chi connectivity index (χ0) is 39.0. The fourth-order valence-electron chi connectivity index (χ4n) is 10.8. The summed E-state index contributed by atoms with van der Waals surface area (Å²) in [5, 5.41) is 5.03. The molecule has 0 fully saturated rings. The Morgan fingerprint density at radius 2 is 1.15 bits per heavy atom. The lowest BCUT2D eigenvalue weighted by Gasteiger charge is -2.34. The highest BCUT2D eigenvalue weighted by Gasteiger charge is 2.45. The quantitative estimate of drug-likeness (QED) is 0.167. The summed E-state index contributed by atoms with van der Waals surface area (Å²) < 4.78 is 9.76. The Labute approximate surface area is 343 Å². The second kappa shape index (κ2) is 11.9. The van der Waals surface area contributed by atoms with Crippen LogP contribution in [0.2, 0.25) is 0 Å². The minimum absolute atomic E-state index is 0.0119. The van der Waals surface area contributed by atoms with E-state index in [1.54, 1.807) is 0 Å². The molecule has 0 atom stereocenters. The van der Waals surface area contributed by atoms with Crippen molar-refractivity contribution < 1.29 is 4.74 Å². The lowest BCUT2D eigenvalue weighted by atomic mass is 9.34. The van der Waals surface area contributed by atoms with Crippen molar-refractivity contribution in [3.8, 4) is 39.4 Å². The minimum Gasteiger partial charge on any atom is -0.458 e. The highest BCUT2D eigenvalue weighted by molar-refractivity contribution is 6.99. The summed E-state index contributed by atoms with van der Waals surface area (Å²) in [5.41, 5.74) is 18.2.